The van der Waals surface area contributed by atoms with Crippen LogP contribution in [-0.2, 0) is 9.59 Å². The van der Waals surface area contributed by atoms with Crippen LogP contribution in [0, 0.1) is 0 Å². The Labute approximate surface area is 115 Å². The predicted octanol–water partition coefficient (Wildman–Crippen LogP) is 0.908. The molecule has 7 nitrogen and oxygen atoms in total. The van der Waals surface area contributed by atoms with E-state index in [0.717, 1.165) is 0 Å². The van der Waals surface area contributed by atoms with Crippen molar-refractivity contribution in [1.29, 1.82) is 0 Å². The Kier molecular flexibility index (Phi) is 4.19. The van der Waals surface area contributed by atoms with E-state index in [4.69, 9.17) is 9.47 Å². The van der Waals surface area contributed by atoms with E-state index in [1.807, 2.05) is 0 Å². The number of amides is 2. The molecule has 0 saturated heterocycles. The van der Waals surface area contributed by atoms with Gasteiger partial charge in [0.05, 0.1) is 19.9 Å². The van der Waals surface area contributed by atoms with Crippen molar-refractivity contribution in [3.63, 3.8) is 0 Å². The molecule has 0 radical (unpaired) electrons. The molecule has 0 atom stereocenters. The van der Waals surface area contributed by atoms with Gasteiger partial charge in [-0.2, -0.15) is 5.10 Å². The van der Waals surface area contributed by atoms with Crippen LogP contribution in [0.2, 0.25) is 0 Å². The summed E-state index contributed by atoms with van der Waals surface area (Å²) in [5.74, 6) is 0.553. The lowest BCUT2D eigenvalue weighted by atomic mass is 10.1. The van der Waals surface area contributed by atoms with Crippen molar-refractivity contribution in [2.24, 2.45) is 5.10 Å². The van der Waals surface area contributed by atoms with Crippen LogP contribution in [-0.4, -0.2) is 31.7 Å². The first kappa shape index (κ1) is 13.9. The Morgan fingerprint density at radius 1 is 1.30 bits per heavy atom. The van der Waals surface area contributed by atoms with Crippen LogP contribution in [0.4, 0.5) is 5.69 Å². The zero-order valence-electron chi connectivity index (χ0n) is 11.2. The first-order valence-corrected chi connectivity index (χ1v) is 6.03. The third-order valence-electron chi connectivity index (χ3n) is 2.82. The van der Waals surface area contributed by atoms with Gasteiger partial charge in [0, 0.05) is 18.9 Å². The summed E-state index contributed by atoms with van der Waals surface area (Å²) < 4.78 is 10.3. The third-order valence-corrected chi connectivity index (χ3v) is 2.82. The van der Waals surface area contributed by atoms with Crippen LogP contribution in [0.5, 0.6) is 11.5 Å². The molecule has 1 aromatic carbocycles. The molecule has 0 fully saturated rings. The van der Waals surface area contributed by atoms with Crippen molar-refractivity contribution < 1.29 is 19.1 Å². The van der Waals surface area contributed by atoms with E-state index in [9.17, 15) is 9.59 Å². The molecular weight excluding hydrogens is 262 g/mol. The fourth-order valence-electron chi connectivity index (χ4n) is 1.73. The van der Waals surface area contributed by atoms with E-state index in [1.54, 1.807) is 25.3 Å². The maximum absolute atomic E-state index is 12.0. The number of anilines is 1. The molecule has 0 spiro atoms. The van der Waals surface area contributed by atoms with E-state index in [-0.39, 0.29) is 23.9 Å². The number of nitrogens with one attached hydrogen (secondary N) is 2. The first-order chi connectivity index (χ1) is 9.63. The number of carbonyl (C=O) groups is 2. The SMILES string of the molecule is COc1ccc(NC(=O)C2=NNC(=O)CC2)c(OC)c1. The Bertz CT molecular complexity index is 569. The Hall–Kier alpha value is -2.57. The molecule has 0 unspecified atom stereocenters. The minimum absolute atomic E-state index is 0.191. The summed E-state index contributed by atoms with van der Waals surface area (Å²) >= 11 is 0. The van der Waals surface area contributed by atoms with Crippen molar-refractivity contribution in [2.45, 2.75) is 12.8 Å². The maximum Gasteiger partial charge on any atom is 0.271 e. The van der Waals surface area contributed by atoms with Gasteiger partial charge >= 0.3 is 0 Å². The van der Waals surface area contributed by atoms with E-state index in [2.05, 4.69) is 15.8 Å². The van der Waals surface area contributed by atoms with Gasteiger partial charge in [-0.05, 0) is 12.1 Å². The highest BCUT2D eigenvalue weighted by Gasteiger charge is 2.19. The maximum atomic E-state index is 12.0. The summed E-state index contributed by atoms with van der Waals surface area (Å²) in [5.41, 5.74) is 3.07. The standard InChI is InChI=1S/C13H15N3O4/c1-19-8-3-4-9(11(7-8)20-2)14-13(18)10-5-6-12(17)16-15-10/h3-4,7H,5-6H2,1-2H3,(H,14,18)(H,16,17). The molecule has 0 bridgehead atoms. The topological polar surface area (TPSA) is 89.0 Å². The molecule has 1 heterocycles. The highest BCUT2D eigenvalue weighted by atomic mass is 16.5. The number of nitrogens with zero attached hydrogens (tertiary/aromatic N) is 1. The zero-order valence-corrected chi connectivity index (χ0v) is 11.2. The molecule has 7 heteroatoms. The minimum atomic E-state index is -0.367. The van der Waals surface area contributed by atoms with Crippen LogP contribution >= 0.6 is 0 Å². The molecule has 1 aliphatic heterocycles. The number of hydrogen-bond donors (Lipinski definition) is 2. The third kappa shape index (κ3) is 3.05. The second kappa shape index (κ2) is 6.05. The molecule has 2 N–H and O–H groups in total. The normalized spacial score (nSPS) is 14.1. The lowest BCUT2D eigenvalue weighted by Crippen LogP contribution is -2.32. The average molecular weight is 277 g/mol. The molecule has 2 rings (SSSR count). The van der Waals surface area contributed by atoms with Gasteiger partial charge in [-0.3, -0.25) is 9.59 Å². The lowest BCUT2D eigenvalue weighted by Gasteiger charge is -2.14. The van der Waals surface area contributed by atoms with E-state index in [0.29, 0.717) is 23.6 Å². The highest BCUT2D eigenvalue weighted by molar-refractivity contribution is 6.43. The van der Waals surface area contributed by atoms with Crippen molar-refractivity contribution in [3.8, 4) is 11.5 Å². The van der Waals surface area contributed by atoms with Crippen molar-refractivity contribution in [3.05, 3.63) is 18.2 Å². The van der Waals surface area contributed by atoms with Gasteiger partial charge in [0.25, 0.3) is 5.91 Å². The molecule has 1 aliphatic rings. The summed E-state index contributed by atoms with van der Waals surface area (Å²) in [6.07, 6.45) is 0.572. The van der Waals surface area contributed by atoms with Gasteiger partial charge < -0.3 is 14.8 Å². The predicted molar refractivity (Wildman–Crippen MR) is 73.0 cm³/mol. The van der Waals surface area contributed by atoms with E-state index in [1.165, 1.54) is 7.11 Å². The number of hydrazone groups is 1. The summed E-state index contributed by atoms with van der Waals surface area (Å²) in [7, 11) is 3.05. The van der Waals surface area contributed by atoms with Gasteiger partial charge in [0.15, 0.2) is 0 Å². The quantitative estimate of drug-likeness (QED) is 0.856. The number of carbonyl (C=O) groups excluding carboxylic acids is 2. The molecule has 2 amide bonds. The van der Waals surface area contributed by atoms with Crippen LogP contribution in [0.15, 0.2) is 23.3 Å². The smallest absolute Gasteiger partial charge is 0.271 e. The fourth-order valence-corrected chi connectivity index (χ4v) is 1.73. The monoisotopic (exact) mass is 277 g/mol. The van der Waals surface area contributed by atoms with Gasteiger partial charge in [-0.15, -0.1) is 0 Å². The summed E-state index contributed by atoms with van der Waals surface area (Å²) in [4.78, 5) is 23.0. The van der Waals surface area contributed by atoms with Crippen molar-refractivity contribution in [2.75, 3.05) is 19.5 Å². The summed E-state index contributed by atoms with van der Waals surface area (Å²) in [5, 5.41) is 6.43. The lowest BCUT2D eigenvalue weighted by molar-refractivity contribution is -0.121. The molecule has 1 aromatic rings. The Morgan fingerprint density at radius 2 is 2.10 bits per heavy atom. The van der Waals surface area contributed by atoms with Crippen LogP contribution in [0.3, 0.4) is 0 Å². The molecular formula is C13H15N3O4. The summed E-state index contributed by atoms with van der Waals surface area (Å²) in [6, 6.07) is 5.06. The molecule has 20 heavy (non-hydrogen) atoms. The van der Waals surface area contributed by atoms with Crippen LogP contribution in [0.25, 0.3) is 0 Å². The number of rotatable bonds is 4. The minimum Gasteiger partial charge on any atom is -0.497 e. The van der Waals surface area contributed by atoms with Crippen molar-refractivity contribution in [1.82, 2.24) is 5.43 Å². The van der Waals surface area contributed by atoms with Gasteiger partial charge in [-0.25, -0.2) is 5.43 Å². The average Bonchev–Trinajstić information content (AvgIpc) is 2.48. The zero-order chi connectivity index (χ0) is 14.5. The second-order valence-corrected chi connectivity index (χ2v) is 4.11. The van der Waals surface area contributed by atoms with Crippen LogP contribution in [0.1, 0.15) is 12.8 Å². The van der Waals surface area contributed by atoms with Gasteiger partial charge in [-0.1, -0.05) is 0 Å². The second-order valence-electron chi connectivity index (χ2n) is 4.11. The van der Waals surface area contributed by atoms with Crippen LogP contribution < -0.4 is 20.2 Å². The molecule has 0 aromatic heterocycles. The summed E-state index contributed by atoms with van der Waals surface area (Å²) in [6.45, 7) is 0. The van der Waals surface area contributed by atoms with Crippen molar-refractivity contribution >= 4 is 23.2 Å². The van der Waals surface area contributed by atoms with Gasteiger partial charge in [0.1, 0.15) is 17.2 Å². The van der Waals surface area contributed by atoms with E-state index < -0.39 is 0 Å². The molecule has 0 aliphatic carbocycles. The number of benzene rings is 1. The largest absolute Gasteiger partial charge is 0.497 e. The Balaban J connectivity index is 2.13. The number of ether oxygens (including phenoxy) is 2. The first-order valence-electron chi connectivity index (χ1n) is 6.03. The number of hydrogen-bond acceptors (Lipinski definition) is 5. The van der Waals surface area contributed by atoms with E-state index >= 15 is 0 Å². The molecule has 106 valence electrons. The molecule has 0 saturated carbocycles. The number of methoxy groups -OCH3 is 2. The highest BCUT2D eigenvalue weighted by Crippen LogP contribution is 2.29. The Morgan fingerprint density at radius 3 is 2.70 bits per heavy atom. The fraction of sp³-hybridized carbons (Fsp3) is 0.308. The van der Waals surface area contributed by atoms with Gasteiger partial charge in [0.2, 0.25) is 5.91 Å².